The van der Waals surface area contributed by atoms with Gasteiger partial charge in [0, 0.05) is 13.2 Å². The highest BCUT2D eigenvalue weighted by atomic mass is 16.5. The third-order valence-corrected chi connectivity index (χ3v) is 4.10. The van der Waals surface area contributed by atoms with E-state index in [0.29, 0.717) is 0 Å². The average molecular weight is 197 g/mol. The molecular weight excluding hydrogens is 174 g/mol. The molecule has 0 aromatic carbocycles. The van der Waals surface area contributed by atoms with Gasteiger partial charge >= 0.3 is 0 Å². The summed E-state index contributed by atoms with van der Waals surface area (Å²) in [7, 11) is 0. The third-order valence-electron chi connectivity index (χ3n) is 4.10. The molecular formula is C12H23NO. The normalized spacial score (nSPS) is 31.9. The topological polar surface area (TPSA) is 35.2 Å². The maximum atomic E-state index is 5.93. The number of hydrogen-bond donors (Lipinski definition) is 1. The molecule has 2 N–H and O–H groups in total. The van der Waals surface area contributed by atoms with Crippen molar-refractivity contribution in [2.75, 3.05) is 19.8 Å². The van der Waals surface area contributed by atoms with E-state index in [-0.39, 0.29) is 0 Å². The molecule has 1 heterocycles. The first-order chi connectivity index (χ1) is 6.92. The Bertz CT molecular complexity index is 160. The summed E-state index contributed by atoms with van der Waals surface area (Å²) in [6, 6.07) is 0. The molecule has 1 aliphatic carbocycles. The molecule has 2 nitrogen and oxygen atoms in total. The van der Waals surface area contributed by atoms with Crippen LogP contribution in [0.1, 0.15) is 38.5 Å². The van der Waals surface area contributed by atoms with Gasteiger partial charge in [0.2, 0.25) is 0 Å². The first kappa shape index (κ1) is 10.4. The van der Waals surface area contributed by atoms with Gasteiger partial charge in [0.15, 0.2) is 0 Å². The molecule has 0 radical (unpaired) electrons. The van der Waals surface area contributed by atoms with Gasteiger partial charge in [-0.1, -0.05) is 32.1 Å². The van der Waals surface area contributed by atoms with E-state index in [1.165, 1.54) is 38.5 Å². The highest BCUT2D eigenvalue weighted by Crippen LogP contribution is 2.36. The monoisotopic (exact) mass is 197 g/mol. The van der Waals surface area contributed by atoms with Gasteiger partial charge in [0.1, 0.15) is 0 Å². The summed E-state index contributed by atoms with van der Waals surface area (Å²) < 4.78 is 5.48. The van der Waals surface area contributed by atoms with E-state index < -0.39 is 0 Å². The van der Waals surface area contributed by atoms with Crippen LogP contribution in [0.4, 0.5) is 0 Å². The van der Waals surface area contributed by atoms with Crippen molar-refractivity contribution in [1.82, 2.24) is 0 Å². The van der Waals surface area contributed by atoms with E-state index in [0.717, 1.165) is 37.5 Å². The zero-order valence-corrected chi connectivity index (χ0v) is 9.08. The standard InChI is InChI=1S/C12H23NO/c13-8-12(11-6-7-14-9-11)10-4-2-1-3-5-10/h10-12H,1-9,13H2. The predicted molar refractivity (Wildman–Crippen MR) is 58.0 cm³/mol. The van der Waals surface area contributed by atoms with Crippen molar-refractivity contribution in [3.8, 4) is 0 Å². The molecule has 0 aromatic rings. The summed E-state index contributed by atoms with van der Waals surface area (Å²) in [6.07, 6.45) is 8.37. The molecule has 2 unspecified atom stereocenters. The van der Waals surface area contributed by atoms with E-state index in [1.54, 1.807) is 0 Å². The molecule has 1 saturated heterocycles. The van der Waals surface area contributed by atoms with Crippen LogP contribution in [0.25, 0.3) is 0 Å². The number of nitrogens with two attached hydrogens (primary N) is 1. The number of ether oxygens (including phenoxy) is 1. The largest absolute Gasteiger partial charge is 0.381 e. The molecule has 0 aromatic heterocycles. The lowest BCUT2D eigenvalue weighted by molar-refractivity contribution is 0.140. The van der Waals surface area contributed by atoms with Crippen molar-refractivity contribution in [1.29, 1.82) is 0 Å². The lowest BCUT2D eigenvalue weighted by Crippen LogP contribution is -2.32. The summed E-state index contributed by atoms with van der Waals surface area (Å²) in [4.78, 5) is 0. The lowest BCUT2D eigenvalue weighted by Gasteiger charge is -2.32. The third kappa shape index (κ3) is 2.29. The Morgan fingerprint density at radius 1 is 1.07 bits per heavy atom. The van der Waals surface area contributed by atoms with Gasteiger partial charge in [0.05, 0.1) is 0 Å². The van der Waals surface area contributed by atoms with E-state index >= 15 is 0 Å². The van der Waals surface area contributed by atoms with Crippen LogP contribution in [-0.2, 0) is 4.74 Å². The maximum Gasteiger partial charge on any atom is 0.0498 e. The van der Waals surface area contributed by atoms with Crippen LogP contribution in [0.5, 0.6) is 0 Å². The summed E-state index contributed by atoms with van der Waals surface area (Å²) in [5.74, 6) is 2.42. The van der Waals surface area contributed by atoms with Gasteiger partial charge in [0.25, 0.3) is 0 Å². The van der Waals surface area contributed by atoms with E-state index in [2.05, 4.69) is 0 Å². The van der Waals surface area contributed by atoms with Crippen molar-refractivity contribution in [2.24, 2.45) is 23.5 Å². The fourth-order valence-electron chi connectivity index (χ4n) is 3.22. The number of rotatable bonds is 3. The second kappa shape index (κ2) is 5.13. The van der Waals surface area contributed by atoms with Gasteiger partial charge in [-0.05, 0) is 30.7 Å². The average Bonchev–Trinajstić information content (AvgIpc) is 2.74. The zero-order valence-electron chi connectivity index (χ0n) is 9.08. The van der Waals surface area contributed by atoms with Crippen LogP contribution in [0.2, 0.25) is 0 Å². The minimum absolute atomic E-state index is 0.748. The quantitative estimate of drug-likeness (QED) is 0.752. The van der Waals surface area contributed by atoms with Crippen molar-refractivity contribution in [3.05, 3.63) is 0 Å². The minimum Gasteiger partial charge on any atom is -0.381 e. The number of hydrogen-bond acceptors (Lipinski definition) is 2. The van der Waals surface area contributed by atoms with Gasteiger partial charge in [-0.15, -0.1) is 0 Å². The fourth-order valence-corrected chi connectivity index (χ4v) is 3.22. The van der Waals surface area contributed by atoms with Gasteiger partial charge < -0.3 is 10.5 Å². The zero-order chi connectivity index (χ0) is 9.80. The molecule has 0 amide bonds. The Labute approximate surface area is 87.2 Å². The smallest absolute Gasteiger partial charge is 0.0498 e. The van der Waals surface area contributed by atoms with Crippen molar-refractivity contribution >= 4 is 0 Å². The second-order valence-electron chi connectivity index (χ2n) is 4.92. The molecule has 82 valence electrons. The second-order valence-corrected chi connectivity index (χ2v) is 4.92. The molecule has 14 heavy (non-hydrogen) atoms. The minimum atomic E-state index is 0.748. The summed E-state index contributed by atoms with van der Waals surface area (Å²) in [5.41, 5.74) is 5.93. The Hall–Kier alpha value is -0.0800. The van der Waals surface area contributed by atoms with Gasteiger partial charge in [-0.25, -0.2) is 0 Å². The molecule has 0 bridgehead atoms. The summed E-state index contributed by atoms with van der Waals surface area (Å²) in [5, 5.41) is 0. The van der Waals surface area contributed by atoms with Crippen LogP contribution in [-0.4, -0.2) is 19.8 Å². The Morgan fingerprint density at radius 3 is 2.43 bits per heavy atom. The first-order valence-electron chi connectivity index (χ1n) is 6.19. The van der Waals surface area contributed by atoms with Crippen LogP contribution >= 0.6 is 0 Å². The predicted octanol–water partition coefficient (Wildman–Crippen LogP) is 2.18. The highest BCUT2D eigenvalue weighted by molar-refractivity contribution is 4.82. The highest BCUT2D eigenvalue weighted by Gasteiger charge is 2.31. The maximum absolute atomic E-state index is 5.93. The van der Waals surface area contributed by atoms with Crippen molar-refractivity contribution in [2.45, 2.75) is 38.5 Å². The lowest BCUT2D eigenvalue weighted by atomic mass is 9.74. The van der Waals surface area contributed by atoms with Gasteiger partial charge in [-0.3, -0.25) is 0 Å². The Morgan fingerprint density at radius 2 is 1.86 bits per heavy atom. The van der Waals surface area contributed by atoms with E-state index in [4.69, 9.17) is 10.5 Å². The van der Waals surface area contributed by atoms with Crippen LogP contribution in [0.3, 0.4) is 0 Å². The van der Waals surface area contributed by atoms with Gasteiger partial charge in [-0.2, -0.15) is 0 Å². The molecule has 1 aliphatic heterocycles. The molecule has 2 fully saturated rings. The fraction of sp³-hybridized carbons (Fsp3) is 1.00. The Kier molecular flexibility index (Phi) is 3.82. The van der Waals surface area contributed by atoms with Crippen molar-refractivity contribution in [3.63, 3.8) is 0 Å². The van der Waals surface area contributed by atoms with Crippen LogP contribution in [0, 0.1) is 17.8 Å². The molecule has 0 spiro atoms. The van der Waals surface area contributed by atoms with Crippen molar-refractivity contribution < 1.29 is 4.74 Å². The molecule has 2 heteroatoms. The molecule has 2 rings (SSSR count). The molecule has 1 saturated carbocycles. The molecule has 2 aliphatic rings. The van der Waals surface area contributed by atoms with E-state index in [9.17, 15) is 0 Å². The SMILES string of the molecule is NCC(C1CCCCC1)C1CCOC1. The summed E-state index contributed by atoms with van der Waals surface area (Å²) in [6.45, 7) is 2.81. The van der Waals surface area contributed by atoms with E-state index in [1.807, 2.05) is 0 Å². The first-order valence-corrected chi connectivity index (χ1v) is 6.19. The Balaban J connectivity index is 1.89. The van der Waals surface area contributed by atoms with Crippen LogP contribution < -0.4 is 5.73 Å². The van der Waals surface area contributed by atoms with Crippen LogP contribution in [0.15, 0.2) is 0 Å². The summed E-state index contributed by atoms with van der Waals surface area (Å²) >= 11 is 0. The molecule has 2 atom stereocenters.